The quantitative estimate of drug-likeness (QED) is 0.723. The molecular weight excluding hydrogens is 290 g/mol. The van der Waals surface area contributed by atoms with E-state index in [1.54, 1.807) is 12.1 Å². The molecule has 0 aromatic heterocycles. The molecule has 2 amide bonds. The van der Waals surface area contributed by atoms with Gasteiger partial charge in [-0.2, -0.15) is 0 Å². The van der Waals surface area contributed by atoms with Crippen LogP contribution in [-0.4, -0.2) is 30.4 Å². The van der Waals surface area contributed by atoms with E-state index in [1.165, 1.54) is 0 Å². The molecule has 1 aromatic rings. The van der Waals surface area contributed by atoms with Gasteiger partial charge in [0.15, 0.2) is 0 Å². The number of carbonyl (C=O) groups excluding carboxylic acids is 2. The van der Waals surface area contributed by atoms with Crippen LogP contribution in [-0.2, 0) is 4.79 Å². The zero-order valence-corrected chi connectivity index (χ0v) is 14.0. The summed E-state index contributed by atoms with van der Waals surface area (Å²) >= 11 is 0. The molecule has 5 nitrogen and oxygen atoms in total. The third-order valence-electron chi connectivity index (χ3n) is 4.59. The summed E-state index contributed by atoms with van der Waals surface area (Å²) in [6.07, 6.45) is 3.86. The van der Waals surface area contributed by atoms with Crippen LogP contribution in [0, 0.1) is 12.8 Å². The van der Waals surface area contributed by atoms with E-state index >= 15 is 0 Å². The van der Waals surface area contributed by atoms with Crippen molar-refractivity contribution in [3.63, 3.8) is 0 Å². The monoisotopic (exact) mass is 317 g/mol. The van der Waals surface area contributed by atoms with Crippen molar-refractivity contribution in [2.45, 2.75) is 45.1 Å². The summed E-state index contributed by atoms with van der Waals surface area (Å²) in [7, 11) is 0. The average molecular weight is 317 g/mol. The van der Waals surface area contributed by atoms with Gasteiger partial charge in [0.05, 0.1) is 5.92 Å². The maximum atomic E-state index is 12.3. The van der Waals surface area contributed by atoms with Crippen LogP contribution in [0.4, 0.5) is 0 Å². The second kappa shape index (κ2) is 7.59. The normalized spacial score (nSPS) is 24.0. The Labute approximate surface area is 138 Å². The van der Waals surface area contributed by atoms with Gasteiger partial charge in [0.25, 0.3) is 5.91 Å². The molecule has 0 aliphatic heterocycles. The van der Waals surface area contributed by atoms with Crippen LogP contribution >= 0.6 is 0 Å². The van der Waals surface area contributed by atoms with Crippen molar-refractivity contribution in [1.29, 1.82) is 0 Å². The van der Waals surface area contributed by atoms with E-state index in [0.717, 1.165) is 31.2 Å². The number of aryl methyl sites for hydroxylation is 1. The van der Waals surface area contributed by atoms with E-state index in [2.05, 4.69) is 10.6 Å². The first-order valence-electron chi connectivity index (χ1n) is 8.31. The number of nitrogens with two attached hydrogens (primary N) is 1. The Morgan fingerprint density at radius 2 is 1.83 bits per heavy atom. The summed E-state index contributed by atoms with van der Waals surface area (Å²) in [4.78, 5) is 24.2. The number of benzene rings is 1. The predicted octanol–water partition coefficient (Wildman–Crippen LogP) is 1.75. The van der Waals surface area contributed by atoms with E-state index < -0.39 is 5.54 Å². The van der Waals surface area contributed by atoms with Crippen molar-refractivity contribution >= 4 is 11.8 Å². The van der Waals surface area contributed by atoms with Gasteiger partial charge in [-0.25, -0.2) is 0 Å². The lowest BCUT2D eigenvalue weighted by atomic mass is 9.74. The number of hydrogen-bond donors (Lipinski definition) is 3. The standard InChI is InChI=1S/C18H27N3O2/c1-13-6-8-14(9-7-13)16(22)20-11-12-21-17(23)15-5-3-4-10-18(15,2)19/h6-9,15H,3-5,10-12,19H2,1-2H3,(H,20,22)(H,21,23). The van der Waals surface area contributed by atoms with E-state index in [1.807, 2.05) is 26.0 Å². The SMILES string of the molecule is Cc1ccc(C(=O)NCCNC(=O)C2CCCCC2(C)N)cc1. The van der Waals surface area contributed by atoms with Crippen molar-refractivity contribution in [3.05, 3.63) is 35.4 Å². The fraction of sp³-hybridized carbons (Fsp3) is 0.556. The number of rotatable bonds is 5. The maximum absolute atomic E-state index is 12.3. The number of hydrogen-bond acceptors (Lipinski definition) is 3. The molecule has 0 heterocycles. The summed E-state index contributed by atoms with van der Waals surface area (Å²) in [6.45, 7) is 4.76. The van der Waals surface area contributed by atoms with Gasteiger partial charge in [0.1, 0.15) is 0 Å². The van der Waals surface area contributed by atoms with Gasteiger partial charge >= 0.3 is 0 Å². The second-order valence-electron chi connectivity index (χ2n) is 6.72. The van der Waals surface area contributed by atoms with Gasteiger partial charge in [-0.05, 0) is 38.8 Å². The van der Waals surface area contributed by atoms with Crippen molar-refractivity contribution in [2.24, 2.45) is 11.7 Å². The first-order valence-corrected chi connectivity index (χ1v) is 8.31. The third kappa shape index (κ3) is 4.79. The highest BCUT2D eigenvalue weighted by atomic mass is 16.2. The average Bonchev–Trinajstić information content (AvgIpc) is 2.51. The van der Waals surface area contributed by atoms with E-state index in [4.69, 9.17) is 5.73 Å². The molecule has 5 heteroatoms. The van der Waals surface area contributed by atoms with Gasteiger partial charge in [-0.1, -0.05) is 30.5 Å². The highest BCUT2D eigenvalue weighted by molar-refractivity contribution is 5.94. The lowest BCUT2D eigenvalue weighted by Crippen LogP contribution is -2.53. The largest absolute Gasteiger partial charge is 0.354 e. The molecule has 0 spiro atoms. The molecule has 0 bridgehead atoms. The molecule has 23 heavy (non-hydrogen) atoms. The number of nitrogens with one attached hydrogen (secondary N) is 2. The third-order valence-corrected chi connectivity index (χ3v) is 4.59. The van der Waals surface area contributed by atoms with Crippen LogP contribution in [0.5, 0.6) is 0 Å². The molecule has 1 aromatic carbocycles. The smallest absolute Gasteiger partial charge is 0.251 e. The first kappa shape index (κ1) is 17.5. The zero-order chi connectivity index (χ0) is 16.9. The highest BCUT2D eigenvalue weighted by Crippen LogP contribution is 2.31. The molecular formula is C18H27N3O2. The Morgan fingerprint density at radius 1 is 1.17 bits per heavy atom. The lowest BCUT2D eigenvalue weighted by Gasteiger charge is -2.37. The van der Waals surface area contributed by atoms with Crippen LogP contribution in [0.25, 0.3) is 0 Å². The number of carbonyl (C=O) groups is 2. The van der Waals surface area contributed by atoms with E-state index in [-0.39, 0.29) is 17.7 Å². The summed E-state index contributed by atoms with van der Waals surface area (Å²) in [5, 5.41) is 5.70. The van der Waals surface area contributed by atoms with Crippen molar-refractivity contribution in [1.82, 2.24) is 10.6 Å². The molecule has 2 rings (SSSR count). The van der Waals surface area contributed by atoms with Gasteiger partial charge in [-0.3, -0.25) is 9.59 Å². The Kier molecular flexibility index (Phi) is 5.77. The first-order chi connectivity index (χ1) is 10.9. The molecule has 1 fully saturated rings. The summed E-state index contributed by atoms with van der Waals surface area (Å²) in [5.74, 6) is -0.260. The minimum Gasteiger partial charge on any atom is -0.354 e. The summed E-state index contributed by atoms with van der Waals surface area (Å²) in [5.41, 5.74) is 7.56. The molecule has 1 saturated carbocycles. The van der Waals surface area contributed by atoms with Gasteiger partial charge in [0.2, 0.25) is 5.91 Å². The fourth-order valence-corrected chi connectivity index (χ4v) is 3.08. The van der Waals surface area contributed by atoms with Crippen molar-refractivity contribution in [2.75, 3.05) is 13.1 Å². The topological polar surface area (TPSA) is 84.2 Å². The van der Waals surface area contributed by atoms with Crippen LogP contribution in [0.1, 0.15) is 48.5 Å². The van der Waals surface area contributed by atoms with Crippen molar-refractivity contribution in [3.8, 4) is 0 Å². The minimum absolute atomic E-state index is 0.000662. The number of amides is 2. The van der Waals surface area contributed by atoms with Crippen LogP contribution in [0.15, 0.2) is 24.3 Å². The van der Waals surface area contributed by atoms with Gasteiger partial charge in [-0.15, -0.1) is 0 Å². The highest BCUT2D eigenvalue weighted by Gasteiger charge is 2.37. The molecule has 126 valence electrons. The Hall–Kier alpha value is -1.88. The minimum atomic E-state index is -0.423. The molecule has 2 unspecified atom stereocenters. The molecule has 2 atom stereocenters. The molecule has 1 aliphatic carbocycles. The molecule has 4 N–H and O–H groups in total. The Morgan fingerprint density at radius 3 is 2.48 bits per heavy atom. The van der Waals surface area contributed by atoms with Crippen molar-refractivity contribution < 1.29 is 9.59 Å². The molecule has 0 radical (unpaired) electrons. The van der Waals surface area contributed by atoms with Crippen LogP contribution < -0.4 is 16.4 Å². The van der Waals surface area contributed by atoms with E-state index in [0.29, 0.717) is 18.7 Å². The fourth-order valence-electron chi connectivity index (χ4n) is 3.08. The molecule has 1 aliphatic rings. The summed E-state index contributed by atoms with van der Waals surface area (Å²) in [6, 6.07) is 7.40. The Balaban J connectivity index is 1.73. The maximum Gasteiger partial charge on any atom is 0.251 e. The zero-order valence-electron chi connectivity index (χ0n) is 14.0. The van der Waals surface area contributed by atoms with Crippen LogP contribution in [0.2, 0.25) is 0 Å². The predicted molar refractivity (Wildman–Crippen MR) is 91.1 cm³/mol. The second-order valence-corrected chi connectivity index (χ2v) is 6.72. The lowest BCUT2D eigenvalue weighted by molar-refractivity contribution is -0.128. The van der Waals surface area contributed by atoms with Crippen LogP contribution in [0.3, 0.4) is 0 Å². The van der Waals surface area contributed by atoms with E-state index in [9.17, 15) is 9.59 Å². The summed E-state index contributed by atoms with van der Waals surface area (Å²) < 4.78 is 0. The Bertz CT molecular complexity index is 552. The van der Waals surface area contributed by atoms with Gasteiger partial charge < -0.3 is 16.4 Å². The van der Waals surface area contributed by atoms with Gasteiger partial charge in [0, 0.05) is 24.2 Å². The molecule has 0 saturated heterocycles.